The van der Waals surface area contributed by atoms with Crippen LogP contribution in [0.3, 0.4) is 0 Å². The predicted octanol–water partition coefficient (Wildman–Crippen LogP) is 3.03. The first kappa shape index (κ1) is 11.5. The molecule has 2 heterocycles. The lowest BCUT2D eigenvalue weighted by molar-refractivity contribution is 0.562. The highest BCUT2D eigenvalue weighted by molar-refractivity contribution is 5.61. The summed E-state index contributed by atoms with van der Waals surface area (Å²) in [6, 6.07) is 10.1. The Bertz CT molecular complexity index is 631. The summed E-state index contributed by atoms with van der Waals surface area (Å²) in [7, 11) is 0. The lowest BCUT2D eigenvalue weighted by Crippen LogP contribution is -2.08. The number of rotatable bonds is 4. The summed E-state index contributed by atoms with van der Waals surface area (Å²) >= 11 is 0. The molecule has 19 heavy (non-hydrogen) atoms. The Morgan fingerprint density at radius 1 is 1.26 bits per heavy atom. The molecule has 5 heteroatoms. The molecule has 0 saturated heterocycles. The Morgan fingerprint density at radius 2 is 2.16 bits per heavy atom. The zero-order chi connectivity index (χ0) is 13.1. The van der Waals surface area contributed by atoms with Gasteiger partial charge in [-0.3, -0.25) is 0 Å². The molecule has 3 rings (SSSR count). The minimum absolute atomic E-state index is 0.156. The lowest BCUT2D eigenvalue weighted by Gasteiger charge is -2.16. The molecule has 3 aromatic rings. The molecule has 5 nitrogen and oxygen atoms in total. The third kappa shape index (κ3) is 2.35. The molecule has 1 unspecified atom stereocenters. The van der Waals surface area contributed by atoms with E-state index in [1.165, 1.54) is 6.33 Å². The van der Waals surface area contributed by atoms with Crippen molar-refractivity contribution >= 4 is 5.69 Å². The minimum atomic E-state index is 0.156. The zero-order valence-electron chi connectivity index (χ0n) is 10.5. The van der Waals surface area contributed by atoms with Crippen LogP contribution in [-0.4, -0.2) is 14.8 Å². The quantitative estimate of drug-likeness (QED) is 0.777. The van der Waals surface area contributed by atoms with E-state index in [-0.39, 0.29) is 6.04 Å². The van der Waals surface area contributed by atoms with Gasteiger partial charge in [-0.2, -0.15) is 5.10 Å². The van der Waals surface area contributed by atoms with Gasteiger partial charge in [-0.25, -0.2) is 9.67 Å². The minimum Gasteiger partial charge on any atom is -0.472 e. The van der Waals surface area contributed by atoms with Crippen LogP contribution in [0.5, 0.6) is 0 Å². The summed E-state index contributed by atoms with van der Waals surface area (Å²) in [4.78, 5) is 3.98. The zero-order valence-corrected chi connectivity index (χ0v) is 10.5. The number of nitrogens with zero attached hydrogens (tertiary/aromatic N) is 3. The maximum atomic E-state index is 5.11. The van der Waals surface area contributed by atoms with Crippen LogP contribution in [0.2, 0.25) is 0 Å². The maximum absolute atomic E-state index is 5.11. The second-order valence-electron chi connectivity index (χ2n) is 4.28. The molecule has 0 aliphatic carbocycles. The molecule has 1 N–H and O–H groups in total. The number of nitrogens with one attached hydrogen (secondary N) is 1. The van der Waals surface area contributed by atoms with Crippen LogP contribution in [0.25, 0.3) is 5.69 Å². The fourth-order valence-corrected chi connectivity index (χ4v) is 1.97. The van der Waals surface area contributed by atoms with Crippen LogP contribution in [0.4, 0.5) is 5.69 Å². The third-order valence-corrected chi connectivity index (χ3v) is 2.98. The van der Waals surface area contributed by atoms with Gasteiger partial charge < -0.3 is 9.73 Å². The monoisotopic (exact) mass is 254 g/mol. The third-order valence-electron chi connectivity index (χ3n) is 2.98. The molecule has 0 radical (unpaired) electrons. The Kier molecular flexibility index (Phi) is 3.02. The molecule has 2 aromatic heterocycles. The second kappa shape index (κ2) is 4.97. The largest absolute Gasteiger partial charge is 0.472 e. The van der Waals surface area contributed by atoms with Gasteiger partial charge in [0.25, 0.3) is 0 Å². The van der Waals surface area contributed by atoms with Gasteiger partial charge in [0.1, 0.15) is 12.7 Å². The van der Waals surface area contributed by atoms with E-state index in [1.807, 2.05) is 30.3 Å². The van der Waals surface area contributed by atoms with Crippen molar-refractivity contribution in [3.63, 3.8) is 0 Å². The number of hydrogen-bond donors (Lipinski definition) is 1. The van der Waals surface area contributed by atoms with Crippen LogP contribution in [-0.2, 0) is 0 Å². The normalized spacial score (nSPS) is 12.3. The van der Waals surface area contributed by atoms with E-state index >= 15 is 0 Å². The van der Waals surface area contributed by atoms with E-state index in [1.54, 1.807) is 23.5 Å². The number of aromatic nitrogens is 3. The Morgan fingerprint density at radius 3 is 2.89 bits per heavy atom. The maximum Gasteiger partial charge on any atom is 0.138 e. The van der Waals surface area contributed by atoms with E-state index in [0.29, 0.717) is 0 Å². The summed E-state index contributed by atoms with van der Waals surface area (Å²) in [5.74, 6) is 0. The molecular weight excluding hydrogens is 240 g/mol. The van der Waals surface area contributed by atoms with Crippen LogP contribution >= 0.6 is 0 Å². The second-order valence-corrected chi connectivity index (χ2v) is 4.28. The van der Waals surface area contributed by atoms with Gasteiger partial charge in [0.2, 0.25) is 0 Å². The average molecular weight is 254 g/mol. The number of benzene rings is 1. The van der Waals surface area contributed by atoms with E-state index in [4.69, 9.17) is 4.42 Å². The van der Waals surface area contributed by atoms with Crippen LogP contribution in [0, 0.1) is 0 Å². The van der Waals surface area contributed by atoms with Crippen molar-refractivity contribution in [2.45, 2.75) is 13.0 Å². The van der Waals surface area contributed by atoms with Gasteiger partial charge in [0.15, 0.2) is 0 Å². The fourth-order valence-electron chi connectivity index (χ4n) is 1.97. The van der Waals surface area contributed by atoms with Gasteiger partial charge >= 0.3 is 0 Å². The molecule has 1 aromatic carbocycles. The van der Waals surface area contributed by atoms with Crippen LogP contribution in [0.1, 0.15) is 18.5 Å². The predicted molar refractivity (Wildman–Crippen MR) is 72.1 cm³/mol. The van der Waals surface area contributed by atoms with Crippen molar-refractivity contribution in [1.29, 1.82) is 0 Å². The molecule has 1 atom stereocenters. The van der Waals surface area contributed by atoms with E-state index in [9.17, 15) is 0 Å². The molecule has 0 amide bonds. The van der Waals surface area contributed by atoms with Crippen molar-refractivity contribution in [1.82, 2.24) is 14.8 Å². The van der Waals surface area contributed by atoms with Crippen molar-refractivity contribution in [2.24, 2.45) is 0 Å². The molecule has 0 aliphatic heterocycles. The SMILES string of the molecule is CC(Nc1ccccc1-n1cncn1)c1ccoc1. The lowest BCUT2D eigenvalue weighted by atomic mass is 10.1. The van der Waals surface area contributed by atoms with Gasteiger partial charge in [0.05, 0.1) is 29.9 Å². The Hall–Kier alpha value is -2.56. The molecule has 0 aliphatic rings. The molecule has 0 spiro atoms. The summed E-state index contributed by atoms with van der Waals surface area (Å²) in [6.07, 6.45) is 6.63. The van der Waals surface area contributed by atoms with Crippen molar-refractivity contribution in [3.8, 4) is 5.69 Å². The number of para-hydroxylation sites is 2. The Balaban J connectivity index is 1.89. The molecule has 96 valence electrons. The molecule has 0 bridgehead atoms. The molecule has 0 saturated carbocycles. The van der Waals surface area contributed by atoms with Crippen LogP contribution < -0.4 is 5.32 Å². The topological polar surface area (TPSA) is 55.9 Å². The highest BCUT2D eigenvalue weighted by atomic mass is 16.3. The van der Waals surface area contributed by atoms with Gasteiger partial charge in [-0.1, -0.05) is 12.1 Å². The Labute approximate surface area is 110 Å². The molecule has 0 fully saturated rings. The molecular formula is C14H14N4O. The number of hydrogen-bond acceptors (Lipinski definition) is 4. The number of anilines is 1. The highest BCUT2D eigenvalue weighted by Crippen LogP contribution is 2.24. The standard InChI is InChI=1S/C14H14N4O/c1-11(12-6-7-19-8-12)17-13-4-2-3-5-14(13)18-10-15-9-16-18/h2-11,17H,1H3. The summed E-state index contributed by atoms with van der Waals surface area (Å²) in [5.41, 5.74) is 3.07. The summed E-state index contributed by atoms with van der Waals surface area (Å²) in [6.45, 7) is 2.09. The van der Waals surface area contributed by atoms with E-state index < -0.39 is 0 Å². The van der Waals surface area contributed by atoms with Crippen LogP contribution in [0.15, 0.2) is 59.9 Å². The summed E-state index contributed by atoms with van der Waals surface area (Å²) in [5, 5.41) is 7.62. The van der Waals surface area contributed by atoms with Gasteiger partial charge in [-0.15, -0.1) is 0 Å². The fraction of sp³-hybridized carbons (Fsp3) is 0.143. The number of furan rings is 1. The smallest absolute Gasteiger partial charge is 0.138 e. The van der Waals surface area contributed by atoms with E-state index in [0.717, 1.165) is 16.9 Å². The van der Waals surface area contributed by atoms with Crippen molar-refractivity contribution in [3.05, 3.63) is 61.1 Å². The first-order valence-electron chi connectivity index (χ1n) is 6.07. The first-order chi connectivity index (χ1) is 9.34. The average Bonchev–Trinajstić information content (AvgIpc) is 3.13. The van der Waals surface area contributed by atoms with Crippen molar-refractivity contribution < 1.29 is 4.42 Å². The van der Waals surface area contributed by atoms with Gasteiger partial charge in [0, 0.05) is 5.56 Å². The van der Waals surface area contributed by atoms with Crippen molar-refractivity contribution in [2.75, 3.05) is 5.32 Å². The van der Waals surface area contributed by atoms with E-state index in [2.05, 4.69) is 22.3 Å². The van der Waals surface area contributed by atoms with Gasteiger partial charge in [-0.05, 0) is 25.1 Å². The highest BCUT2D eigenvalue weighted by Gasteiger charge is 2.10. The summed E-state index contributed by atoms with van der Waals surface area (Å²) < 4.78 is 6.85. The first-order valence-corrected chi connectivity index (χ1v) is 6.07.